The first-order valence-electron chi connectivity index (χ1n) is 5.02. The molecule has 0 saturated carbocycles. The van der Waals surface area contributed by atoms with Gasteiger partial charge in [0.25, 0.3) is 0 Å². The molecule has 1 saturated heterocycles. The smallest absolute Gasteiger partial charge is 0.201 e. The van der Waals surface area contributed by atoms with E-state index in [-0.39, 0.29) is 6.29 Å². The Balaban J connectivity index is 2.16. The number of aromatic nitrogens is 1. The summed E-state index contributed by atoms with van der Waals surface area (Å²) in [7, 11) is 0. The lowest BCUT2D eigenvalue weighted by atomic mass is 10.1. The lowest BCUT2D eigenvalue weighted by Gasteiger charge is -2.10. The van der Waals surface area contributed by atoms with Crippen LogP contribution in [0, 0.1) is 0 Å². The molecule has 0 N–H and O–H groups in total. The van der Waals surface area contributed by atoms with Gasteiger partial charge in [0.05, 0.1) is 13.2 Å². The topological polar surface area (TPSA) is 31.4 Å². The average molecular weight is 201 g/mol. The first-order chi connectivity index (χ1) is 7.45. The summed E-state index contributed by atoms with van der Waals surface area (Å²) in [6.07, 6.45) is 1.50. The maximum Gasteiger partial charge on any atom is 0.201 e. The maximum atomic E-state index is 5.46. The largest absolute Gasteiger partial charge is 0.345 e. The van der Waals surface area contributed by atoms with E-state index in [4.69, 9.17) is 9.47 Å². The quantitative estimate of drug-likeness (QED) is 0.709. The van der Waals surface area contributed by atoms with Gasteiger partial charge in [0.1, 0.15) is 5.69 Å². The Kier molecular flexibility index (Phi) is 2.12. The number of ether oxygens (including phenoxy) is 2. The number of benzene rings is 1. The van der Waals surface area contributed by atoms with Gasteiger partial charge in [-0.1, -0.05) is 24.3 Å². The minimum Gasteiger partial charge on any atom is -0.345 e. The van der Waals surface area contributed by atoms with E-state index in [1.807, 2.05) is 24.3 Å². The minimum absolute atomic E-state index is 0.295. The van der Waals surface area contributed by atoms with E-state index in [1.165, 1.54) is 5.39 Å². The van der Waals surface area contributed by atoms with E-state index in [9.17, 15) is 0 Å². The maximum absolute atomic E-state index is 5.46. The molecular formula is C12H11NO2. The van der Waals surface area contributed by atoms with Crippen molar-refractivity contribution in [2.45, 2.75) is 6.29 Å². The number of fused-ring (bicyclic) bond motifs is 1. The van der Waals surface area contributed by atoms with Gasteiger partial charge in [-0.05, 0) is 11.5 Å². The molecule has 0 amide bonds. The van der Waals surface area contributed by atoms with Crippen LogP contribution in [0.25, 0.3) is 10.8 Å². The van der Waals surface area contributed by atoms with E-state index in [1.54, 1.807) is 6.20 Å². The molecule has 3 rings (SSSR count). The van der Waals surface area contributed by atoms with Crippen molar-refractivity contribution in [2.75, 3.05) is 13.2 Å². The normalized spacial score (nSPS) is 17.3. The molecule has 15 heavy (non-hydrogen) atoms. The van der Waals surface area contributed by atoms with Gasteiger partial charge < -0.3 is 9.47 Å². The second kappa shape index (κ2) is 3.61. The Morgan fingerprint density at radius 1 is 1.07 bits per heavy atom. The Hall–Kier alpha value is -1.45. The zero-order valence-corrected chi connectivity index (χ0v) is 8.22. The van der Waals surface area contributed by atoms with Crippen LogP contribution >= 0.6 is 0 Å². The molecule has 0 bridgehead atoms. The average Bonchev–Trinajstić information content (AvgIpc) is 2.82. The van der Waals surface area contributed by atoms with Gasteiger partial charge in [0.15, 0.2) is 0 Å². The highest BCUT2D eigenvalue weighted by Gasteiger charge is 2.21. The first-order valence-corrected chi connectivity index (χ1v) is 5.02. The molecular weight excluding hydrogens is 190 g/mol. The molecule has 2 aromatic rings. The van der Waals surface area contributed by atoms with E-state index in [0.717, 1.165) is 11.1 Å². The van der Waals surface area contributed by atoms with Crippen molar-refractivity contribution in [1.82, 2.24) is 4.98 Å². The predicted octanol–water partition coefficient (Wildman–Crippen LogP) is 2.28. The zero-order chi connectivity index (χ0) is 10.1. The van der Waals surface area contributed by atoms with Gasteiger partial charge in [0.2, 0.25) is 6.29 Å². The number of nitrogens with zero attached hydrogens (tertiary/aromatic N) is 1. The number of rotatable bonds is 1. The first kappa shape index (κ1) is 8.83. The third-order valence-electron chi connectivity index (χ3n) is 2.55. The summed E-state index contributed by atoms with van der Waals surface area (Å²) in [4.78, 5) is 4.34. The predicted molar refractivity (Wildman–Crippen MR) is 56.4 cm³/mol. The Morgan fingerprint density at radius 2 is 1.87 bits per heavy atom. The molecule has 0 unspecified atom stereocenters. The van der Waals surface area contributed by atoms with Crippen molar-refractivity contribution < 1.29 is 9.47 Å². The molecule has 1 aromatic heterocycles. The van der Waals surface area contributed by atoms with Gasteiger partial charge >= 0.3 is 0 Å². The third-order valence-corrected chi connectivity index (χ3v) is 2.55. The van der Waals surface area contributed by atoms with Crippen LogP contribution in [-0.2, 0) is 9.47 Å². The van der Waals surface area contributed by atoms with Crippen LogP contribution in [0.1, 0.15) is 12.0 Å². The second-order valence-corrected chi connectivity index (χ2v) is 3.49. The van der Waals surface area contributed by atoms with Crippen molar-refractivity contribution in [3.05, 3.63) is 42.2 Å². The molecule has 1 aliphatic heterocycles. The Labute approximate surface area is 87.6 Å². The highest BCUT2D eigenvalue weighted by molar-refractivity contribution is 5.84. The summed E-state index contributed by atoms with van der Waals surface area (Å²) < 4.78 is 10.9. The van der Waals surface area contributed by atoms with Crippen LogP contribution < -0.4 is 0 Å². The molecule has 0 radical (unpaired) electrons. The van der Waals surface area contributed by atoms with Gasteiger partial charge in [-0.3, -0.25) is 4.98 Å². The van der Waals surface area contributed by atoms with Crippen LogP contribution in [0.5, 0.6) is 0 Å². The van der Waals surface area contributed by atoms with E-state index >= 15 is 0 Å². The summed E-state index contributed by atoms with van der Waals surface area (Å²) in [5.74, 6) is 0. The molecule has 76 valence electrons. The summed E-state index contributed by atoms with van der Waals surface area (Å²) >= 11 is 0. The van der Waals surface area contributed by atoms with E-state index < -0.39 is 0 Å². The summed E-state index contributed by atoms with van der Waals surface area (Å²) in [5, 5.41) is 2.27. The fourth-order valence-corrected chi connectivity index (χ4v) is 1.85. The second-order valence-electron chi connectivity index (χ2n) is 3.49. The summed E-state index contributed by atoms with van der Waals surface area (Å²) in [6, 6.07) is 10.1. The molecule has 3 nitrogen and oxygen atoms in total. The van der Waals surface area contributed by atoms with E-state index in [0.29, 0.717) is 13.2 Å². The van der Waals surface area contributed by atoms with Crippen molar-refractivity contribution in [3.63, 3.8) is 0 Å². The highest BCUT2D eigenvalue weighted by atomic mass is 16.7. The van der Waals surface area contributed by atoms with Crippen LogP contribution in [0.15, 0.2) is 36.5 Å². The highest BCUT2D eigenvalue weighted by Crippen LogP contribution is 2.27. The summed E-state index contributed by atoms with van der Waals surface area (Å²) in [6.45, 7) is 1.30. The fourth-order valence-electron chi connectivity index (χ4n) is 1.85. The number of hydrogen-bond acceptors (Lipinski definition) is 3. The van der Waals surface area contributed by atoms with Crippen LogP contribution in [0.3, 0.4) is 0 Å². The van der Waals surface area contributed by atoms with Gasteiger partial charge in [-0.2, -0.15) is 0 Å². The number of hydrogen-bond donors (Lipinski definition) is 0. The molecule has 0 spiro atoms. The fraction of sp³-hybridized carbons (Fsp3) is 0.250. The lowest BCUT2D eigenvalue weighted by Crippen LogP contribution is -2.01. The van der Waals surface area contributed by atoms with Gasteiger partial charge in [-0.25, -0.2) is 0 Å². The molecule has 2 heterocycles. The SMILES string of the molecule is c1ccc2c(C3OCCO3)nccc2c1. The van der Waals surface area contributed by atoms with E-state index in [2.05, 4.69) is 11.1 Å². The molecule has 1 aromatic carbocycles. The summed E-state index contributed by atoms with van der Waals surface area (Å²) in [5.41, 5.74) is 0.880. The van der Waals surface area contributed by atoms with Gasteiger partial charge in [0, 0.05) is 11.6 Å². The van der Waals surface area contributed by atoms with Crippen LogP contribution in [-0.4, -0.2) is 18.2 Å². The minimum atomic E-state index is -0.295. The third kappa shape index (κ3) is 1.50. The monoisotopic (exact) mass is 201 g/mol. The Bertz CT molecular complexity index is 473. The van der Waals surface area contributed by atoms with Crippen LogP contribution in [0.2, 0.25) is 0 Å². The molecule has 3 heteroatoms. The molecule has 1 fully saturated rings. The molecule has 1 aliphatic rings. The molecule has 0 aliphatic carbocycles. The van der Waals surface area contributed by atoms with Crippen molar-refractivity contribution in [1.29, 1.82) is 0 Å². The zero-order valence-electron chi connectivity index (χ0n) is 8.22. The van der Waals surface area contributed by atoms with Crippen LogP contribution in [0.4, 0.5) is 0 Å². The van der Waals surface area contributed by atoms with Crippen molar-refractivity contribution >= 4 is 10.8 Å². The standard InChI is InChI=1S/C12H11NO2/c1-2-4-10-9(3-1)5-6-13-11(10)12-14-7-8-15-12/h1-6,12H,7-8H2. The van der Waals surface area contributed by atoms with Gasteiger partial charge in [-0.15, -0.1) is 0 Å². The van der Waals surface area contributed by atoms with Crippen molar-refractivity contribution in [3.8, 4) is 0 Å². The molecule has 0 atom stereocenters. The Morgan fingerprint density at radius 3 is 2.73 bits per heavy atom. The number of pyridine rings is 1. The van der Waals surface area contributed by atoms with Crippen molar-refractivity contribution in [2.24, 2.45) is 0 Å². The lowest BCUT2D eigenvalue weighted by molar-refractivity contribution is -0.0460.